The van der Waals surface area contributed by atoms with E-state index in [-0.39, 0.29) is 11.8 Å². The molecule has 124 valence electrons. The summed E-state index contributed by atoms with van der Waals surface area (Å²) in [5.41, 5.74) is 0.931. The quantitative estimate of drug-likeness (QED) is 0.873. The first kappa shape index (κ1) is 15.8. The van der Waals surface area contributed by atoms with Gasteiger partial charge >= 0.3 is 5.97 Å². The van der Waals surface area contributed by atoms with Crippen LogP contribution in [0.15, 0.2) is 24.3 Å². The van der Waals surface area contributed by atoms with Crippen LogP contribution in [0.4, 0.5) is 0 Å². The number of nitrogens with zero attached hydrogens (tertiary/aromatic N) is 1. The van der Waals surface area contributed by atoms with E-state index >= 15 is 0 Å². The van der Waals surface area contributed by atoms with Gasteiger partial charge in [-0.25, -0.2) is 0 Å². The molecule has 3 rings (SSSR count). The number of hydrogen-bond donors (Lipinski definition) is 1. The number of carbonyl (C=O) groups is 2. The summed E-state index contributed by atoms with van der Waals surface area (Å²) in [4.78, 5) is 25.6. The highest BCUT2D eigenvalue weighted by molar-refractivity contribution is 5.81. The van der Waals surface area contributed by atoms with E-state index in [0.29, 0.717) is 32.0 Å². The van der Waals surface area contributed by atoms with Crippen molar-refractivity contribution in [1.29, 1.82) is 0 Å². The molecule has 1 saturated carbocycles. The lowest BCUT2D eigenvalue weighted by molar-refractivity contribution is -0.142. The number of carboxylic acid groups (broad SMARTS) is 1. The normalized spacial score (nSPS) is 23.8. The van der Waals surface area contributed by atoms with Crippen LogP contribution in [0.3, 0.4) is 0 Å². The number of likely N-dealkylation sites (tertiary alicyclic amines) is 1. The fourth-order valence-corrected chi connectivity index (χ4v) is 3.45. The van der Waals surface area contributed by atoms with Gasteiger partial charge in [0.05, 0.1) is 18.9 Å². The second kappa shape index (κ2) is 6.60. The van der Waals surface area contributed by atoms with E-state index in [1.807, 2.05) is 31.2 Å². The molecule has 2 fully saturated rings. The van der Waals surface area contributed by atoms with Gasteiger partial charge in [-0.1, -0.05) is 12.1 Å². The van der Waals surface area contributed by atoms with Crippen LogP contribution in [-0.4, -0.2) is 41.6 Å². The van der Waals surface area contributed by atoms with Gasteiger partial charge in [0.15, 0.2) is 0 Å². The first-order valence-corrected chi connectivity index (χ1v) is 8.30. The van der Waals surface area contributed by atoms with E-state index in [2.05, 4.69) is 0 Å². The van der Waals surface area contributed by atoms with E-state index in [9.17, 15) is 14.7 Å². The molecule has 5 nitrogen and oxygen atoms in total. The number of benzene rings is 1. The molecule has 0 unspecified atom stereocenters. The molecule has 1 aromatic carbocycles. The summed E-state index contributed by atoms with van der Waals surface area (Å²) >= 11 is 0. The molecule has 1 amide bonds. The summed E-state index contributed by atoms with van der Waals surface area (Å²) in [6.07, 6.45) is 2.53. The highest BCUT2D eigenvalue weighted by Crippen LogP contribution is 2.44. The fourth-order valence-electron chi connectivity index (χ4n) is 3.45. The van der Waals surface area contributed by atoms with Crippen LogP contribution < -0.4 is 4.74 Å². The van der Waals surface area contributed by atoms with Gasteiger partial charge in [0.1, 0.15) is 5.75 Å². The first-order valence-electron chi connectivity index (χ1n) is 8.30. The first-order chi connectivity index (χ1) is 11.1. The zero-order valence-corrected chi connectivity index (χ0v) is 13.4. The zero-order valence-electron chi connectivity index (χ0n) is 13.4. The lowest BCUT2D eigenvalue weighted by Crippen LogP contribution is -2.31. The third kappa shape index (κ3) is 3.66. The van der Waals surface area contributed by atoms with Gasteiger partial charge in [-0.05, 0) is 49.3 Å². The van der Waals surface area contributed by atoms with Crippen LogP contribution in [0.2, 0.25) is 0 Å². The molecule has 0 bridgehead atoms. The maximum atomic E-state index is 12.5. The molecule has 2 atom stereocenters. The summed E-state index contributed by atoms with van der Waals surface area (Å²) in [5, 5.41) is 9.38. The van der Waals surface area contributed by atoms with Crippen molar-refractivity contribution in [3.05, 3.63) is 29.8 Å². The van der Waals surface area contributed by atoms with Crippen molar-refractivity contribution in [1.82, 2.24) is 4.90 Å². The molecule has 1 saturated heterocycles. The molecule has 1 aliphatic heterocycles. The van der Waals surface area contributed by atoms with E-state index in [1.54, 1.807) is 4.90 Å². The van der Waals surface area contributed by atoms with Crippen molar-refractivity contribution in [3.8, 4) is 5.75 Å². The fraction of sp³-hybridized carbons (Fsp3) is 0.556. The van der Waals surface area contributed by atoms with Gasteiger partial charge < -0.3 is 14.7 Å². The summed E-state index contributed by atoms with van der Waals surface area (Å²) < 4.78 is 5.39. The number of aliphatic carboxylic acids is 1. The molecule has 0 radical (unpaired) electrons. The summed E-state index contributed by atoms with van der Waals surface area (Å²) in [5.74, 6) is 0.286. The third-order valence-corrected chi connectivity index (χ3v) is 4.85. The van der Waals surface area contributed by atoms with Crippen LogP contribution in [0, 0.1) is 17.8 Å². The molecule has 1 aromatic rings. The average molecular weight is 317 g/mol. The Balaban J connectivity index is 1.60. The molecular weight excluding hydrogens is 294 g/mol. The summed E-state index contributed by atoms with van der Waals surface area (Å²) in [6, 6.07) is 7.52. The zero-order chi connectivity index (χ0) is 16.4. The molecule has 2 aliphatic rings. The Morgan fingerprint density at radius 3 is 2.48 bits per heavy atom. The number of ether oxygens (including phenoxy) is 1. The van der Waals surface area contributed by atoms with E-state index in [0.717, 1.165) is 24.2 Å². The Bertz CT molecular complexity index is 579. The molecular formula is C18H23NO4. The Morgan fingerprint density at radius 1 is 1.22 bits per heavy atom. The van der Waals surface area contributed by atoms with Crippen molar-refractivity contribution in [2.45, 2.75) is 26.2 Å². The van der Waals surface area contributed by atoms with Gasteiger partial charge in [0.2, 0.25) is 5.91 Å². The Morgan fingerprint density at radius 2 is 1.91 bits per heavy atom. The highest BCUT2D eigenvalue weighted by atomic mass is 16.5. The maximum absolute atomic E-state index is 12.5. The number of carbonyl (C=O) groups excluding carboxylic acids is 1. The molecule has 1 N–H and O–H groups in total. The summed E-state index contributed by atoms with van der Waals surface area (Å²) in [7, 11) is 0. The predicted octanol–water partition coefficient (Wildman–Crippen LogP) is 2.20. The maximum Gasteiger partial charge on any atom is 0.308 e. The van der Waals surface area contributed by atoms with Crippen molar-refractivity contribution in [2.24, 2.45) is 17.8 Å². The Labute approximate surface area is 136 Å². The molecule has 0 aromatic heterocycles. The van der Waals surface area contributed by atoms with Crippen LogP contribution >= 0.6 is 0 Å². The number of rotatable bonds is 6. The topological polar surface area (TPSA) is 66.8 Å². The monoisotopic (exact) mass is 317 g/mol. The predicted molar refractivity (Wildman–Crippen MR) is 85.2 cm³/mol. The number of amides is 1. The highest BCUT2D eigenvalue weighted by Gasteiger charge is 2.46. The van der Waals surface area contributed by atoms with Crippen LogP contribution in [0.5, 0.6) is 5.75 Å². The third-order valence-electron chi connectivity index (χ3n) is 4.85. The van der Waals surface area contributed by atoms with Gasteiger partial charge in [-0.15, -0.1) is 0 Å². The van der Waals surface area contributed by atoms with Gasteiger partial charge in [-0.3, -0.25) is 9.59 Å². The minimum atomic E-state index is -0.765. The average Bonchev–Trinajstić information content (AvgIpc) is 3.27. The summed E-state index contributed by atoms with van der Waals surface area (Å²) in [6.45, 7) is 3.50. The number of carboxylic acids is 1. The molecule has 1 heterocycles. The Kier molecular flexibility index (Phi) is 4.55. The van der Waals surface area contributed by atoms with E-state index in [1.165, 1.54) is 0 Å². The molecule has 5 heteroatoms. The second-order valence-corrected chi connectivity index (χ2v) is 6.50. The minimum Gasteiger partial charge on any atom is -0.494 e. The molecule has 1 aliphatic carbocycles. The van der Waals surface area contributed by atoms with Crippen LogP contribution in [0.25, 0.3) is 0 Å². The van der Waals surface area contributed by atoms with Crippen LogP contribution in [-0.2, 0) is 16.0 Å². The van der Waals surface area contributed by atoms with Crippen molar-refractivity contribution in [2.75, 3.05) is 19.7 Å². The van der Waals surface area contributed by atoms with E-state index < -0.39 is 11.9 Å². The SMILES string of the molecule is CCOc1ccc(CC(=O)N2C[C@H](C(=O)O)[C@@H](C3CC3)C2)cc1. The molecule has 23 heavy (non-hydrogen) atoms. The van der Waals surface area contributed by atoms with Gasteiger partial charge in [0.25, 0.3) is 0 Å². The van der Waals surface area contributed by atoms with Crippen LogP contribution in [0.1, 0.15) is 25.3 Å². The lowest BCUT2D eigenvalue weighted by atomic mass is 9.92. The smallest absolute Gasteiger partial charge is 0.308 e. The Hall–Kier alpha value is -2.04. The van der Waals surface area contributed by atoms with E-state index in [4.69, 9.17) is 4.74 Å². The number of hydrogen-bond acceptors (Lipinski definition) is 3. The molecule has 0 spiro atoms. The van der Waals surface area contributed by atoms with Gasteiger partial charge in [0, 0.05) is 13.1 Å². The standard InChI is InChI=1S/C18H23NO4/c1-2-23-14-7-3-12(4-8-14)9-17(20)19-10-15(13-5-6-13)16(11-19)18(21)22/h3-4,7-8,13,15-16H,2,5-6,9-11H2,1H3,(H,21,22)/t15-,16+/m1/s1. The lowest BCUT2D eigenvalue weighted by Gasteiger charge is -2.16. The second-order valence-electron chi connectivity index (χ2n) is 6.50. The van der Waals surface area contributed by atoms with Crippen molar-refractivity contribution >= 4 is 11.9 Å². The minimum absolute atomic E-state index is 0.0172. The largest absolute Gasteiger partial charge is 0.494 e. The van der Waals surface area contributed by atoms with Crippen molar-refractivity contribution < 1.29 is 19.4 Å². The van der Waals surface area contributed by atoms with Gasteiger partial charge in [-0.2, -0.15) is 0 Å². The van der Waals surface area contributed by atoms with Crippen molar-refractivity contribution in [3.63, 3.8) is 0 Å².